The molecule has 0 aromatic heterocycles. The van der Waals surface area contributed by atoms with E-state index in [2.05, 4.69) is 30.4 Å². The maximum absolute atomic E-state index is 12.5. The maximum atomic E-state index is 12.5. The van der Waals surface area contributed by atoms with Crippen LogP contribution in [0.3, 0.4) is 0 Å². The van der Waals surface area contributed by atoms with Gasteiger partial charge < -0.3 is 19.5 Å². The molecule has 5 nitrogen and oxygen atoms in total. The van der Waals surface area contributed by atoms with Crippen LogP contribution in [-0.2, 0) is 11.2 Å². The molecule has 0 radical (unpaired) electrons. The van der Waals surface area contributed by atoms with E-state index in [-0.39, 0.29) is 18.4 Å². The summed E-state index contributed by atoms with van der Waals surface area (Å²) in [5.74, 6) is 1.53. The Morgan fingerprint density at radius 1 is 1.00 bits per heavy atom. The van der Waals surface area contributed by atoms with E-state index in [4.69, 9.17) is 14.2 Å². The zero-order chi connectivity index (χ0) is 19.3. The van der Waals surface area contributed by atoms with Gasteiger partial charge in [0.1, 0.15) is 0 Å². The van der Waals surface area contributed by atoms with Crippen molar-refractivity contribution in [1.29, 1.82) is 0 Å². The molecule has 1 atom stereocenters. The van der Waals surface area contributed by atoms with E-state index in [0.717, 1.165) is 16.7 Å². The number of benzene rings is 2. The molecule has 2 rings (SSSR count). The van der Waals surface area contributed by atoms with Crippen LogP contribution in [0.25, 0.3) is 0 Å². The summed E-state index contributed by atoms with van der Waals surface area (Å²) in [5.41, 5.74) is 4.26. The highest BCUT2D eigenvalue weighted by molar-refractivity contribution is 5.79. The van der Waals surface area contributed by atoms with Gasteiger partial charge in [-0.15, -0.1) is 0 Å². The SMILES string of the molecule is COc1cc(CC(=O)NC(C)c2cc(C)ccc2C)cc(OC)c1OC. The summed E-state index contributed by atoms with van der Waals surface area (Å²) >= 11 is 0. The highest BCUT2D eigenvalue weighted by Gasteiger charge is 2.16. The van der Waals surface area contributed by atoms with Crippen molar-refractivity contribution in [2.24, 2.45) is 0 Å². The highest BCUT2D eigenvalue weighted by Crippen LogP contribution is 2.38. The van der Waals surface area contributed by atoms with Gasteiger partial charge in [0.05, 0.1) is 33.8 Å². The number of methoxy groups -OCH3 is 3. The van der Waals surface area contributed by atoms with Gasteiger partial charge in [0, 0.05) is 0 Å². The smallest absolute Gasteiger partial charge is 0.224 e. The number of rotatable bonds is 7. The predicted molar refractivity (Wildman–Crippen MR) is 102 cm³/mol. The molecule has 0 aliphatic rings. The predicted octanol–water partition coefficient (Wildman–Crippen LogP) is 3.75. The first-order chi connectivity index (χ1) is 12.4. The fourth-order valence-electron chi connectivity index (χ4n) is 3.02. The Balaban J connectivity index is 2.15. The monoisotopic (exact) mass is 357 g/mol. The lowest BCUT2D eigenvalue weighted by molar-refractivity contribution is -0.121. The van der Waals surface area contributed by atoms with Gasteiger partial charge in [0.15, 0.2) is 11.5 Å². The van der Waals surface area contributed by atoms with E-state index in [1.54, 1.807) is 33.5 Å². The van der Waals surface area contributed by atoms with Gasteiger partial charge in [0.2, 0.25) is 11.7 Å². The molecule has 2 aromatic carbocycles. The molecule has 1 amide bonds. The standard InChI is InChI=1S/C21H27NO4/c1-13-7-8-14(2)17(9-13)15(3)22-20(23)12-16-10-18(24-4)21(26-6)19(11-16)25-5/h7-11,15H,12H2,1-6H3,(H,22,23). The Morgan fingerprint density at radius 3 is 2.15 bits per heavy atom. The summed E-state index contributed by atoms with van der Waals surface area (Å²) in [7, 11) is 4.67. The van der Waals surface area contributed by atoms with Crippen LogP contribution in [0.2, 0.25) is 0 Å². The Morgan fingerprint density at radius 2 is 1.62 bits per heavy atom. The van der Waals surface area contributed by atoms with Crippen molar-refractivity contribution >= 4 is 5.91 Å². The van der Waals surface area contributed by atoms with Gasteiger partial charge in [-0.2, -0.15) is 0 Å². The van der Waals surface area contributed by atoms with E-state index < -0.39 is 0 Å². The number of aryl methyl sites for hydroxylation is 2. The Kier molecular flexibility index (Phi) is 6.50. The number of carbonyl (C=O) groups is 1. The van der Waals surface area contributed by atoms with Crippen molar-refractivity contribution in [1.82, 2.24) is 5.32 Å². The van der Waals surface area contributed by atoms with Crippen LogP contribution in [-0.4, -0.2) is 27.2 Å². The van der Waals surface area contributed by atoms with Crippen LogP contribution in [0, 0.1) is 13.8 Å². The number of nitrogens with one attached hydrogen (secondary N) is 1. The molecule has 1 N–H and O–H groups in total. The van der Waals surface area contributed by atoms with Crippen molar-refractivity contribution in [3.8, 4) is 17.2 Å². The number of hydrogen-bond donors (Lipinski definition) is 1. The average Bonchev–Trinajstić information content (AvgIpc) is 2.62. The van der Waals surface area contributed by atoms with Gasteiger partial charge in [-0.05, 0) is 49.6 Å². The number of hydrogen-bond acceptors (Lipinski definition) is 4. The van der Waals surface area contributed by atoms with Crippen LogP contribution in [0.5, 0.6) is 17.2 Å². The molecule has 5 heteroatoms. The quantitative estimate of drug-likeness (QED) is 0.820. The van der Waals surface area contributed by atoms with Crippen LogP contribution >= 0.6 is 0 Å². The van der Waals surface area contributed by atoms with Gasteiger partial charge in [-0.25, -0.2) is 0 Å². The zero-order valence-corrected chi connectivity index (χ0v) is 16.3. The Hall–Kier alpha value is -2.69. The van der Waals surface area contributed by atoms with Crippen LogP contribution in [0.15, 0.2) is 30.3 Å². The summed E-state index contributed by atoms with van der Waals surface area (Å²) in [6, 6.07) is 9.78. The fraction of sp³-hybridized carbons (Fsp3) is 0.381. The van der Waals surface area contributed by atoms with Crippen LogP contribution in [0.1, 0.15) is 35.2 Å². The van der Waals surface area contributed by atoms with E-state index >= 15 is 0 Å². The highest BCUT2D eigenvalue weighted by atomic mass is 16.5. The molecule has 0 aliphatic heterocycles. The van der Waals surface area contributed by atoms with Crippen LogP contribution in [0.4, 0.5) is 0 Å². The largest absolute Gasteiger partial charge is 0.493 e. The van der Waals surface area contributed by atoms with E-state index in [0.29, 0.717) is 17.2 Å². The molecule has 0 saturated heterocycles. The lowest BCUT2D eigenvalue weighted by Gasteiger charge is -2.18. The lowest BCUT2D eigenvalue weighted by Crippen LogP contribution is -2.28. The second kappa shape index (κ2) is 8.61. The summed E-state index contributed by atoms with van der Waals surface area (Å²) in [4.78, 5) is 12.5. The minimum absolute atomic E-state index is 0.0623. The molecule has 2 aromatic rings. The first-order valence-electron chi connectivity index (χ1n) is 8.55. The second-order valence-electron chi connectivity index (χ2n) is 6.36. The molecule has 0 aliphatic carbocycles. The third-order valence-corrected chi connectivity index (χ3v) is 4.37. The van der Waals surface area contributed by atoms with E-state index in [1.807, 2.05) is 13.8 Å². The lowest BCUT2D eigenvalue weighted by atomic mass is 9.99. The van der Waals surface area contributed by atoms with Gasteiger partial charge >= 0.3 is 0 Å². The van der Waals surface area contributed by atoms with Crippen molar-refractivity contribution in [2.45, 2.75) is 33.2 Å². The minimum atomic E-state index is -0.0653. The molecule has 0 fully saturated rings. The number of amides is 1. The van der Waals surface area contributed by atoms with Crippen molar-refractivity contribution in [3.05, 3.63) is 52.6 Å². The average molecular weight is 357 g/mol. The first kappa shape index (κ1) is 19.6. The van der Waals surface area contributed by atoms with Crippen molar-refractivity contribution in [2.75, 3.05) is 21.3 Å². The van der Waals surface area contributed by atoms with Gasteiger partial charge in [-0.3, -0.25) is 4.79 Å². The minimum Gasteiger partial charge on any atom is -0.493 e. The van der Waals surface area contributed by atoms with Gasteiger partial charge in [0.25, 0.3) is 0 Å². The normalized spacial score (nSPS) is 11.6. The molecule has 0 heterocycles. The van der Waals surface area contributed by atoms with E-state index in [1.165, 1.54) is 5.56 Å². The number of carbonyl (C=O) groups excluding carboxylic acids is 1. The summed E-state index contributed by atoms with van der Waals surface area (Å²) < 4.78 is 16.0. The van der Waals surface area contributed by atoms with E-state index in [9.17, 15) is 4.79 Å². The van der Waals surface area contributed by atoms with Gasteiger partial charge in [-0.1, -0.05) is 23.8 Å². The number of ether oxygens (including phenoxy) is 3. The first-order valence-corrected chi connectivity index (χ1v) is 8.55. The summed E-state index contributed by atoms with van der Waals surface area (Å²) in [5, 5.41) is 3.06. The third kappa shape index (κ3) is 4.48. The zero-order valence-electron chi connectivity index (χ0n) is 16.3. The summed E-state index contributed by atoms with van der Waals surface area (Å²) in [6.07, 6.45) is 0.228. The molecular formula is C21H27NO4. The second-order valence-corrected chi connectivity index (χ2v) is 6.36. The Labute approximate surface area is 155 Å². The third-order valence-electron chi connectivity index (χ3n) is 4.37. The molecule has 140 valence electrons. The molecule has 1 unspecified atom stereocenters. The Bertz CT molecular complexity index is 761. The fourth-order valence-corrected chi connectivity index (χ4v) is 3.02. The molecule has 0 saturated carbocycles. The topological polar surface area (TPSA) is 56.8 Å². The van der Waals surface area contributed by atoms with Crippen LogP contribution < -0.4 is 19.5 Å². The molecule has 0 spiro atoms. The molecular weight excluding hydrogens is 330 g/mol. The van der Waals surface area contributed by atoms with Crippen molar-refractivity contribution < 1.29 is 19.0 Å². The molecule has 26 heavy (non-hydrogen) atoms. The summed E-state index contributed by atoms with van der Waals surface area (Å²) in [6.45, 7) is 6.10. The molecule has 0 bridgehead atoms. The van der Waals surface area contributed by atoms with Crippen molar-refractivity contribution in [3.63, 3.8) is 0 Å². The maximum Gasteiger partial charge on any atom is 0.224 e.